The molecule has 2 aromatic carbocycles. The summed E-state index contributed by atoms with van der Waals surface area (Å²) in [6.07, 6.45) is -9.83. The molecule has 2 aliphatic rings. The van der Waals surface area contributed by atoms with E-state index >= 15 is 0 Å². The highest BCUT2D eigenvalue weighted by molar-refractivity contribution is 5.88. The van der Waals surface area contributed by atoms with E-state index in [0.717, 1.165) is 10.5 Å². The van der Waals surface area contributed by atoms with Gasteiger partial charge in [0.1, 0.15) is 11.6 Å². The lowest BCUT2D eigenvalue weighted by atomic mass is 9.62. The SMILES string of the molecule is COC(C(=O)N1CCC2(CC1)CC(=O)NCC2c1ccc(F)cc1)(c1ccc(OC(F)(F)F)cc1)C(F)(F)F. The van der Waals surface area contributed by atoms with Gasteiger partial charge in [-0.05, 0) is 48.1 Å². The van der Waals surface area contributed by atoms with Crippen LogP contribution in [-0.4, -0.2) is 56.0 Å². The Labute approximate surface area is 219 Å². The highest BCUT2D eigenvalue weighted by Crippen LogP contribution is 2.50. The molecule has 6 nitrogen and oxygen atoms in total. The predicted octanol–water partition coefficient (Wildman–Crippen LogP) is 5.04. The van der Waals surface area contributed by atoms with Crippen LogP contribution < -0.4 is 10.1 Å². The quantitative estimate of drug-likeness (QED) is 0.519. The Hall–Kier alpha value is -3.35. The Kier molecular flexibility index (Phi) is 7.58. The van der Waals surface area contributed by atoms with Gasteiger partial charge >= 0.3 is 12.5 Å². The number of halogens is 7. The average molecular weight is 562 g/mol. The van der Waals surface area contributed by atoms with E-state index in [0.29, 0.717) is 31.4 Å². The summed E-state index contributed by atoms with van der Waals surface area (Å²) in [4.78, 5) is 26.8. The number of ether oxygens (including phenoxy) is 2. The molecular formula is C26H25F7N2O4. The van der Waals surface area contributed by atoms with Gasteiger partial charge in [0.05, 0.1) is 0 Å². The second kappa shape index (κ2) is 10.3. The van der Waals surface area contributed by atoms with Gasteiger partial charge in [0.2, 0.25) is 5.91 Å². The Morgan fingerprint density at radius 3 is 2.08 bits per heavy atom. The zero-order valence-corrected chi connectivity index (χ0v) is 20.7. The zero-order valence-electron chi connectivity index (χ0n) is 20.7. The molecule has 1 spiro atoms. The van der Waals surface area contributed by atoms with E-state index in [1.807, 2.05) is 0 Å². The van der Waals surface area contributed by atoms with Crippen molar-refractivity contribution in [2.75, 3.05) is 26.7 Å². The van der Waals surface area contributed by atoms with Gasteiger partial charge in [-0.3, -0.25) is 9.59 Å². The maximum absolute atomic E-state index is 14.5. The predicted molar refractivity (Wildman–Crippen MR) is 123 cm³/mol. The van der Waals surface area contributed by atoms with E-state index in [-0.39, 0.29) is 50.7 Å². The molecule has 1 N–H and O–H groups in total. The van der Waals surface area contributed by atoms with Gasteiger partial charge in [-0.15, -0.1) is 13.2 Å². The van der Waals surface area contributed by atoms with Crippen molar-refractivity contribution >= 4 is 11.8 Å². The van der Waals surface area contributed by atoms with Crippen LogP contribution >= 0.6 is 0 Å². The molecule has 0 radical (unpaired) electrons. The Balaban J connectivity index is 1.60. The van der Waals surface area contributed by atoms with Gasteiger partial charge < -0.3 is 19.7 Å². The van der Waals surface area contributed by atoms with Crippen molar-refractivity contribution in [3.63, 3.8) is 0 Å². The lowest BCUT2D eigenvalue weighted by molar-refractivity contribution is -0.275. The van der Waals surface area contributed by atoms with Crippen molar-refractivity contribution in [2.24, 2.45) is 5.41 Å². The lowest BCUT2D eigenvalue weighted by Gasteiger charge is -2.50. The third-order valence-electron chi connectivity index (χ3n) is 7.57. The number of methoxy groups -OCH3 is 1. The number of benzene rings is 2. The number of nitrogens with zero attached hydrogens (tertiary/aromatic N) is 1. The topological polar surface area (TPSA) is 67.9 Å². The molecule has 0 aromatic heterocycles. The summed E-state index contributed by atoms with van der Waals surface area (Å²) in [7, 11) is 0.701. The highest BCUT2D eigenvalue weighted by atomic mass is 19.4. The van der Waals surface area contributed by atoms with Crippen molar-refractivity contribution in [3.05, 3.63) is 65.5 Å². The van der Waals surface area contributed by atoms with E-state index in [1.165, 1.54) is 12.1 Å². The van der Waals surface area contributed by atoms with Gasteiger partial charge in [-0.1, -0.05) is 24.3 Å². The monoisotopic (exact) mass is 562 g/mol. The molecule has 2 aromatic rings. The van der Waals surface area contributed by atoms with E-state index in [2.05, 4.69) is 10.1 Å². The largest absolute Gasteiger partial charge is 0.573 e. The van der Waals surface area contributed by atoms with Crippen LogP contribution in [-0.2, 0) is 19.9 Å². The molecule has 2 unspecified atom stereocenters. The first kappa shape index (κ1) is 28.7. The smallest absolute Gasteiger partial charge is 0.406 e. The second-order valence-electron chi connectivity index (χ2n) is 9.69. The van der Waals surface area contributed by atoms with Crippen LogP contribution in [0.4, 0.5) is 30.7 Å². The number of piperidine rings is 2. The molecule has 4 rings (SSSR count). The van der Waals surface area contributed by atoms with Crippen LogP contribution in [0.15, 0.2) is 48.5 Å². The number of amides is 2. The van der Waals surface area contributed by atoms with Crippen molar-refractivity contribution in [1.82, 2.24) is 10.2 Å². The first-order valence-electron chi connectivity index (χ1n) is 12.0. The fourth-order valence-electron chi connectivity index (χ4n) is 5.63. The summed E-state index contributed by atoms with van der Waals surface area (Å²) in [5.41, 5.74) is -4.09. The molecule has 2 atom stereocenters. The molecule has 0 aliphatic carbocycles. The van der Waals surface area contributed by atoms with Crippen LogP contribution in [0.2, 0.25) is 0 Å². The van der Waals surface area contributed by atoms with Crippen LogP contribution in [0, 0.1) is 11.2 Å². The van der Waals surface area contributed by atoms with Crippen LogP contribution in [0.25, 0.3) is 0 Å². The van der Waals surface area contributed by atoms with Gasteiger partial charge in [-0.2, -0.15) is 13.2 Å². The number of carbonyl (C=O) groups excluding carboxylic acids is 2. The van der Waals surface area contributed by atoms with E-state index in [1.54, 1.807) is 12.1 Å². The summed E-state index contributed by atoms with van der Waals surface area (Å²) in [5, 5.41) is 2.78. The summed E-state index contributed by atoms with van der Waals surface area (Å²) >= 11 is 0. The number of rotatable bonds is 5. The Morgan fingerprint density at radius 2 is 1.56 bits per heavy atom. The second-order valence-corrected chi connectivity index (χ2v) is 9.69. The maximum atomic E-state index is 14.5. The van der Waals surface area contributed by atoms with E-state index in [9.17, 15) is 40.3 Å². The van der Waals surface area contributed by atoms with Crippen molar-refractivity contribution < 1.29 is 49.8 Å². The fraction of sp³-hybridized carbons (Fsp3) is 0.462. The third-order valence-corrected chi connectivity index (χ3v) is 7.57. The van der Waals surface area contributed by atoms with Crippen LogP contribution in [0.1, 0.15) is 36.3 Å². The van der Waals surface area contributed by atoms with Gasteiger partial charge in [0.15, 0.2) is 0 Å². The molecule has 39 heavy (non-hydrogen) atoms. The number of likely N-dealkylation sites (tertiary alicyclic amines) is 1. The molecule has 2 aliphatic heterocycles. The number of carbonyl (C=O) groups is 2. The maximum Gasteiger partial charge on any atom is 0.573 e. The van der Waals surface area contributed by atoms with Crippen molar-refractivity contribution in [3.8, 4) is 5.75 Å². The summed E-state index contributed by atoms with van der Waals surface area (Å²) in [6, 6.07) is 8.54. The number of hydrogen-bond acceptors (Lipinski definition) is 4. The molecule has 212 valence electrons. The minimum absolute atomic E-state index is 0.0897. The first-order valence-corrected chi connectivity index (χ1v) is 12.0. The molecular weight excluding hydrogens is 537 g/mol. The van der Waals surface area contributed by atoms with Crippen LogP contribution in [0.5, 0.6) is 5.75 Å². The summed E-state index contributed by atoms with van der Waals surface area (Å²) < 4.78 is 103. The summed E-state index contributed by atoms with van der Waals surface area (Å²) in [6.45, 7) is 0.00977. The fourth-order valence-corrected chi connectivity index (χ4v) is 5.63. The zero-order chi connectivity index (χ0) is 28.6. The molecule has 13 heteroatoms. The molecule has 0 saturated carbocycles. The van der Waals surface area contributed by atoms with E-state index < -0.39 is 46.6 Å². The van der Waals surface area contributed by atoms with Gasteiger partial charge in [0.25, 0.3) is 11.5 Å². The lowest BCUT2D eigenvalue weighted by Crippen LogP contribution is -2.60. The minimum atomic E-state index is -5.26. The van der Waals surface area contributed by atoms with Crippen molar-refractivity contribution in [2.45, 2.75) is 43.3 Å². The van der Waals surface area contributed by atoms with Gasteiger partial charge in [-0.25, -0.2) is 4.39 Å². The van der Waals surface area contributed by atoms with E-state index in [4.69, 9.17) is 4.74 Å². The Morgan fingerprint density at radius 1 is 0.974 bits per heavy atom. The first-order chi connectivity index (χ1) is 18.2. The van der Waals surface area contributed by atoms with Crippen molar-refractivity contribution in [1.29, 1.82) is 0 Å². The number of alkyl halides is 6. The average Bonchev–Trinajstić information content (AvgIpc) is 2.85. The third kappa shape index (κ3) is 5.54. The summed E-state index contributed by atoms with van der Waals surface area (Å²) in [5.74, 6) is -3.09. The molecule has 2 fully saturated rings. The highest BCUT2D eigenvalue weighted by Gasteiger charge is 2.64. The molecule has 0 bridgehead atoms. The molecule has 2 saturated heterocycles. The van der Waals surface area contributed by atoms with Crippen LogP contribution in [0.3, 0.4) is 0 Å². The number of nitrogens with one attached hydrogen (secondary N) is 1. The molecule has 2 amide bonds. The molecule has 2 heterocycles. The number of hydrogen-bond donors (Lipinski definition) is 1. The standard InChI is InChI=1S/C26H25F7N2O4/c1-38-24(25(28,29)30,17-4-8-19(9-5-17)39-26(31,32)33)22(37)35-12-10-23(11-13-35)14-21(36)34-15-20(23)16-2-6-18(27)7-3-16/h2-9,20H,10-15H2,1H3,(H,34,36). The minimum Gasteiger partial charge on any atom is -0.406 e. The van der Waals surface area contributed by atoms with Gasteiger partial charge in [0, 0.05) is 44.6 Å². The normalized spacial score (nSPS) is 21.3. The Bertz CT molecular complexity index is 1190.